The number of aromatic amines is 1. The third-order valence-electron chi connectivity index (χ3n) is 4.74. The fraction of sp³-hybridized carbons (Fsp3) is 0.174. The van der Waals surface area contributed by atoms with E-state index in [1.165, 1.54) is 0 Å². The Labute approximate surface area is 169 Å². The zero-order chi connectivity index (χ0) is 20.8. The maximum Gasteiger partial charge on any atom is 0.268 e. The highest BCUT2D eigenvalue weighted by Crippen LogP contribution is 2.32. The van der Waals surface area contributed by atoms with Crippen LogP contribution in [0.15, 0.2) is 59.4 Å². The van der Waals surface area contributed by atoms with Gasteiger partial charge in [0, 0.05) is 23.5 Å². The Kier molecular flexibility index (Phi) is 5.97. The molecule has 3 rings (SSSR count). The molecule has 29 heavy (non-hydrogen) atoms. The summed E-state index contributed by atoms with van der Waals surface area (Å²) in [5.41, 5.74) is 8.13. The molecule has 2 aromatic carbocycles. The number of para-hydroxylation sites is 1. The summed E-state index contributed by atoms with van der Waals surface area (Å²) in [6.45, 7) is 3.02. The van der Waals surface area contributed by atoms with Crippen LogP contribution in [0.25, 0.3) is 11.1 Å². The number of aromatic nitrogens is 1. The van der Waals surface area contributed by atoms with Crippen molar-refractivity contribution in [2.75, 3.05) is 17.2 Å². The van der Waals surface area contributed by atoms with Crippen molar-refractivity contribution in [1.82, 2.24) is 4.98 Å². The largest absolute Gasteiger partial charge is 0.384 e. The fourth-order valence-corrected chi connectivity index (χ4v) is 3.27. The predicted octanol–water partition coefficient (Wildman–Crippen LogP) is 4.31. The van der Waals surface area contributed by atoms with Crippen LogP contribution in [-0.4, -0.2) is 11.5 Å². The summed E-state index contributed by atoms with van der Waals surface area (Å²) >= 11 is 0. The Hall–Kier alpha value is -4.03. The van der Waals surface area contributed by atoms with Gasteiger partial charge in [-0.05, 0) is 36.2 Å². The molecule has 0 radical (unpaired) electrons. The number of H-pyrrole nitrogens is 1. The van der Waals surface area contributed by atoms with Crippen LogP contribution >= 0.6 is 0 Å². The molecule has 0 amide bonds. The molecule has 3 aromatic rings. The Morgan fingerprint density at radius 2 is 1.59 bits per heavy atom. The van der Waals surface area contributed by atoms with Gasteiger partial charge in [0.25, 0.3) is 5.56 Å². The monoisotopic (exact) mass is 383 g/mol. The van der Waals surface area contributed by atoms with Gasteiger partial charge in [0.05, 0.1) is 0 Å². The summed E-state index contributed by atoms with van der Waals surface area (Å²) in [6.07, 6.45) is 2.11. The van der Waals surface area contributed by atoms with Crippen LogP contribution in [0.2, 0.25) is 0 Å². The smallest absolute Gasteiger partial charge is 0.268 e. The van der Waals surface area contributed by atoms with Crippen LogP contribution in [0.3, 0.4) is 0 Å². The molecule has 0 bridgehead atoms. The predicted molar refractivity (Wildman–Crippen MR) is 115 cm³/mol. The maximum absolute atomic E-state index is 12.1. The van der Waals surface area contributed by atoms with Crippen LogP contribution in [0.5, 0.6) is 0 Å². The summed E-state index contributed by atoms with van der Waals surface area (Å²) in [7, 11) is 0. The second-order valence-corrected chi connectivity index (χ2v) is 6.60. The van der Waals surface area contributed by atoms with Gasteiger partial charge in [-0.3, -0.25) is 4.79 Å². The van der Waals surface area contributed by atoms with Crippen molar-refractivity contribution < 1.29 is 0 Å². The van der Waals surface area contributed by atoms with Gasteiger partial charge in [0.2, 0.25) is 0 Å². The number of nitrogens with one attached hydrogen (secondary N) is 1. The zero-order valence-electron chi connectivity index (χ0n) is 16.1. The highest BCUT2D eigenvalue weighted by atomic mass is 16.1. The van der Waals surface area contributed by atoms with Crippen molar-refractivity contribution in [2.24, 2.45) is 0 Å². The van der Waals surface area contributed by atoms with Crippen LogP contribution in [-0.2, 0) is 0 Å². The molecule has 0 saturated carbocycles. The molecule has 1 heterocycles. The van der Waals surface area contributed by atoms with E-state index in [-0.39, 0.29) is 22.5 Å². The Bertz CT molecular complexity index is 1140. The number of anilines is 3. The van der Waals surface area contributed by atoms with Crippen molar-refractivity contribution in [1.29, 1.82) is 10.5 Å². The normalized spacial score (nSPS) is 10.2. The molecule has 144 valence electrons. The second kappa shape index (κ2) is 8.77. The standard InChI is InChI=1S/C23H21N5O/c1-2-3-13-28(17-7-5-4-6-8-17)18-11-9-16(10-12-18)21-19(14-24)22(26)27-23(29)20(21)15-25/h4-12H,2-3,13H2,1H3,(H3,26,27,29). The topological polar surface area (TPSA) is 110 Å². The first kappa shape index (κ1) is 19.7. The summed E-state index contributed by atoms with van der Waals surface area (Å²) in [5, 5.41) is 18.9. The molecular formula is C23H21N5O. The molecule has 0 unspecified atom stereocenters. The molecule has 0 atom stereocenters. The zero-order valence-corrected chi connectivity index (χ0v) is 16.1. The van der Waals surface area contributed by atoms with E-state index in [4.69, 9.17) is 5.73 Å². The molecule has 1 aromatic heterocycles. The van der Waals surface area contributed by atoms with Gasteiger partial charge in [-0.15, -0.1) is 0 Å². The average molecular weight is 383 g/mol. The van der Waals surface area contributed by atoms with Gasteiger partial charge in [0.1, 0.15) is 29.1 Å². The van der Waals surface area contributed by atoms with E-state index in [1.807, 2.05) is 54.6 Å². The van der Waals surface area contributed by atoms with E-state index in [0.29, 0.717) is 5.56 Å². The lowest BCUT2D eigenvalue weighted by molar-refractivity contribution is 0.786. The van der Waals surface area contributed by atoms with Gasteiger partial charge in [-0.1, -0.05) is 43.7 Å². The molecule has 0 saturated heterocycles. The molecule has 6 nitrogen and oxygen atoms in total. The van der Waals surface area contributed by atoms with Gasteiger partial charge in [-0.25, -0.2) is 0 Å². The van der Waals surface area contributed by atoms with Crippen molar-refractivity contribution in [3.8, 4) is 23.3 Å². The van der Waals surface area contributed by atoms with Gasteiger partial charge in [-0.2, -0.15) is 10.5 Å². The first-order valence-corrected chi connectivity index (χ1v) is 9.39. The number of unbranched alkanes of at least 4 members (excludes halogenated alkanes) is 1. The molecular weight excluding hydrogens is 362 g/mol. The van der Waals surface area contributed by atoms with Crippen LogP contribution in [0, 0.1) is 22.7 Å². The summed E-state index contributed by atoms with van der Waals surface area (Å²) in [4.78, 5) is 16.7. The second-order valence-electron chi connectivity index (χ2n) is 6.60. The maximum atomic E-state index is 12.1. The molecule has 0 aliphatic rings. The number of hydrogen-bond acceptors (Lipinski definition) is 5. The van der Waals surface area contributed by atoms with Gasteiger partial charge in [0.15, 0.2) is 0 Å². The van der Waals surface area contributed by atoms with Gasteiger partial charge < -0.3 is 15.6 Å². The number of benzene rings is 2. The van der Waals surface area contributed by atoms with E-state index in [9.17, 15) is 15.3 Å². The van der Waals surface area contributed by atoms with Crippen molar-refractivity contribution in [3.63, 3.8) is 0 Å². The number of nitrogens with two attached hydrogens (primary N) is 1. The molecule has 0 aliphatic heterocycles. The third kappa shape index (κ3) is 3.97. The lowest BCUT2D eigenvalue weighted by atomic mass is 9.96. The average Bonchev–Trinajstić information content (AvgIpc) is 2.75. The van der Waals surface area contributed by atoms with E-state index >= 15 is 0 Å². The fourth-order valence-electron chi connectivity index (χ4n) is 3.27. The minimum atomic E-state index is -0.600. The van der Waals surface area contributed by atoms with E-state index in [1.54, 1.807) is 0 Å². The molecule has 0 spiro atoms. The summed E-state index contributed by atoms with van der Waals surface area (Å²) < 4.78 is 0. The van der Waals surface area contributed by atoms with Crippen LogP contribution < -0.4 is 16.2 Å². The quantitative estimate of drug-likeness (QED) is 0.659. The van der Waals surface area contributed by atoms with Crippen LogP contribution in [0.4, 0.5) is 17.2 Å². The van der Waals surface area contributed by atoms with E-state index in [2.05, 4.69) is 28.9 Å². The highest BCUT2D eigenvalue weighted by Gasteiger charge is 2.18. The van der Waals surface area contributed by atoms with Crippen molar-refractivity contribution >= 4 is 17.2 Å². The van der Waals surface area contributed by atoms with E-state index in [0.717, 1.165) is 30.8 Å². The third-order valence-corrected chi connectivity index (χ3v) is 4.74. The number of nitrogens with zero attached hydrogens (tertiary/aromatic N) is 3. The van der Waals surface area contributed by atoms with Crippen molar-refractivity contribution in [2.45, 2.75) is 19.8 Å². The first-order valence-electron chi connectivity index (χ1n) is 9.39. The highest BCUT2D eigenvalue weighted by molar-refractivity contribution is 5.81. The number of nitriles is 2. The Morgan fingerprint density at radius 1 is 0.966 bits per heavy atom. The molecule has 0 fully saturated rings. The Balaban J connectivity index is 2.08. The lowest BCUT2D eigenvalue weighted by Gasteiger charge is -2.25. The summed E-state index contributed by atoms with van der Waals surface area (Å²) in [6, 6.07) is 21.5. The number of nitrogen functional groups attached to an aromatic ring is 1. The number of rotatable bonds is 6. The first-order chi connectivity index (χ1) is 14.1. The number of pyridine rings is 1. The Morgan fingerprint density at radius 3 is 2.17 bits per heavy atom. The van der Waals surface area contributed by atoms with Crippen LogP contribution in [0.1, 0.15) is 30.9 Å². The number of hydrogen-bond donors (Lipinski definition) is 2. The van der Waals surface area contributed by atoms with Gasteiger partial charge >= 0.3 is 0 Å². The minimum Gasteiger partial charge on any atom is -0.384 e. The molecule has 6 heteroatoms. The summed E-state index contributed by atoms with van der Waals surface area (Å²) in [5.74, 6) is -0.0376. The lowest BCUT2D eigenvalue weighted by Crippen LogP contribution is -2.18. The SMILES string of the molecule is CCCCN(c1ccccc1)c1ccc(-c2c(C#N)c(N)[nH]c(=O)c2C#N)cc1. The minimum absolute atomic E-state index is 0.0376. The molecule has 0 aliphatic carbocycles. The van der Waals surface area contributed by atoms with E-state index < -0.39 is 5.56 Å². The van der Waals surface area contributed by atoms with Crippen molar-refractivity contribution in [3.05, 3.63) is 76.1 Å². The molecule has 3 N–H and O–H groups in total.